The fraction of sp³-hybridized carbons (Fsp3) is 0.500. The summed E-state index contributed by atoms with van der Waals surface area (Å²) < 4.78 is 0. The number of hydroxylamine groups is 2. The van der Waals surface area contributed by atoms with Crippen LogP contribution in [0.5, 0.6) is 0 Å². The monoisotopic (exact) mass is 176 g/mol. The maximum absolute atomic E-state index is 10.6. The predicted molar refractivity (Wildman–Crippen MR) is 42.7 cm³/mol. The molecule has 63 valence electrons. The van der Waals surface area contributed by atoms with E-state index in [4.69, 9.17) is 0 Å². The standard InChI is InChI=1S/C6H10NO3S/c1-4-7(5(2)8)10-6(9)11-3/h2,4H2,1,3H3. The van der Waals surface area contributed by atoms with Gasteiger partial charge in [0, 0.05) is 6.92 Å². The minimum Gasteiger partial charge on any atom is -0.327 e. The molecule has 0 aromatic rings. The van der Waals surface area contributed by atoms with Crippen LogP contribution in [0.25, 0.3) is 0 Å². The molecule has 0 saturated heterocycles. The van der Waals surface area contributed by atoms with Crippen molar-refractivity contribution in [3.63, 3.8) is 0 Å². The molecule has 0 atom stereocenters. The van der Waals surface area contributed by atoms with Crippen LogP contribution in [0.1, 0.15) is 6.92 Å². The Hall–Kier alpha value is -0.710. The summed E-state index contributed by atoms with van der Waals surface area (Å²) in [5.41, 5.74) is 0. The van der Waals surface area contributed by atoms with Gasteiger partial charge >= 0.3 is 5.30 Å². The second-order valence-electron chi connectivity index (χ2n) is 1.63. The summed E-state index contributed by atoms with van der Waals surface area (Å²) >= 11 is 0.903. The lowest BCUT2D eigenvalue weighted by molar-refractivity contribution is -0.156. The van der Waals surface area contributed by atoms with E-state index in [1.807, 2.05) is 0 Å². The van der Waals surface area contributed by atoms with E-state index in [0.29, 0.717) is 6.54 Å². The largest absolute Gasteiger partial charge is 0.391 e. The zero-order chi connectivity index (χ0) is 8.85. The summed E-state index contributed by atoms with van der Waals surface area (Å²) in [6.07, 6.45) is 1.57. The van der Waals surface area contributed by atoms with Crippen molar-refractivity contribution >= 4 is 23.0 Å². The molecular weight excluding hydrogens is 166 g/mol. The lowest BCUT2D eigenvalue weighted by atomic mass is 10.6. The van der Waals surface area contributed by atoms with Crippen LogP contribution in [0.3, 0.4) is 0 Å². The van der Waals surface area contributed by atoms with E-state index in [-0.39, 0.29) is 0 Å². The summed E-state index contributed by atoms with van der Waals surface area (Å²) in [6.45, 7) is 5.10. The van der Waals surface area contributed by atoms with E-state index in [9.17, 15) is 9.59 Å². The molecule has 0 N–H and O–H groups in total. The smallest absolute Gasteiger partial charge is 0.327 e. The highest BCUT2D eigenvalue weighted by Gasteiger charge is 2.10. The van der Waals surface area contributed by atoms with Crippen molar-refractivity contribution in [2.75, 3.05) is 12.8 Å². The molecule has 0 spiro atoms. The Morgan fingerprint density at radius 3 is 2.45 bits per heavy atom. The van der Waals surface area contributed by atoms with Crippen LogP contribution in [0.2, 0.25) is 0 Å². The van der Waals surface area contributed by atoms with Gasteiger partial charge < -0.3 is 4.84 Å². The maximum atomic E-state index is 10.6. The Morgan fingerprint density at radius 2 is 2.18 bits per heavy atom. The van der Waals surface area contributed by atoms with Crippen molar-refractivity contribution in [2.24, 2.45) is 0 Å². The third kappa shape index (κ3) is 3.87. The number of hydrogen-bond acceptors (Lipinski definition) is 4. The van der Waals surface area contributed by atoms with Gasteiger partial charge in [0.2, 0.25) is 0 Å². The first-order valence-electron chi connectivity index (χ1n) is 3.01. The van der Waals surface area contributed by atoms with Gasteiger partial charge in [0.1, 0.15) is 0 Å². The van der Waals surface area contributed by atoms with Crippen molar-refractivity contribution in [1.29, 1.82) is 0 Å². The van der Waals surface area contributed by atoms with Crippen LogP contribution in [-0.2, 0) is 9.63 Å². The topological polar surface area (TPSA) is 46.6 Å². The zero-order valence-electron chi connectivity index (χ0n) is 6.49. The highest BCUT2D eigenvalue weighted by Crippen LogP contribution is 2.02. The fourth-order valence-corrected chi connectivity index (χ4v) is 0.584. The normalized spacial score (nSPS) is 9.00. The highest BCUT2D eigenvalue weighted by atomic mass is 32.2. The summed E-state index contributed by atoms with van der Waals surface area (Å²) in [6, 6.07) is 0. The minimum atomic E-state index is -0.519. The second kappa shape index (κ2) is 5.01. The lowest BCUT2D eigenvalue weighted by Crippen LogP contribution is -2.30. The molecule has 0 saturated carbocycles. The SMILES string of the molecule is [CH2]C(=O)N(CC)OC(=O)SC. The Labute approximate surface area is 69.8 Å². The van der Waals surface area contributed by atoms with Crippen molar-refractivity contribution in [3.05, 3.63) is 6.92 Å². The molecule has 0 aromatic heterocycles. The average Bonchev–Trinajstić information content (AvgIpc) is 1.99. The van der Waals surface area contributed by atoms with Gasteiger partial charge in [-0.2, -0.15) is 5.06 Å². The molecule has 0 heterocycles. The van der Waals surface area contributed by atoms with Crippen LogP contribution in [-0.4, -0.2) is 29.1 Å². The van der Waals surface area contributed by atoms with Gasteiger partial charge in [-0.1, -0.05) is 0 Å². The third-order valence-corrected chi connectivity index (χ3v) is 1.32. The Morgan fingerprint density at radius 1 is 1.64 bits per heavy atom. The molecule has 0 aliphatic rings. The fourth-order valence-electron chi connectivity index (χ4n) is 0.419. The first kappa shape index (κ1) is 10.3. The van der Waals surface area contributed by atoms with Crippen LogP contribution in [0, 0.1) is 6.92 Å². The Kier molecular flexibility index (Phi) is 4.69. The molecule has 0 rings (SSSR count). The van der Waals surface area contributed by atoms with Gasteiger partial charge in [-0.25, -0.2) is 4.79 Å². The molecule has 0 fully saturated rings. The van der Waals surface area contributed by atoms with E-state index >= 15 is 0 Å². The van der Waals surface area contributed by atoms with E-state index in [1.54, 1.807) is 13.2 Å². The molecule has 5 heteroatoms. The highest BCUT2D eigenvalue weighted by molar-refractivity contribution is 8.12. The third-order valence-electron chi connectivity index (χ3n) is 0.917. The first-order valence-corrected chi connectivity index (χ1v) is 4.23. The molecule has 11 heavy (non-hydrogen) atoms. The van der Waals surface area contributed by atoms with Crippen molar-refractivity contribution < 1.29 is 14.4 Å². The quantitative estimate of drug-likeness (QED) is 0.561. The van der Waals surface area contributed by atoms with Gasteiger partial charge in [0.15, 0.2) is 0 Å². The minimum absolute atomic E-state index is 0.314. The van der Waals surface area contributed by atoms with Gasteiger partial charge in [-0.15, -0.1) is 0 Å². The van der Waals surface area contributed by atoms with Crippen LogP contribution in [0.4, 0.5) is 4.79 Å². The van der Waals surface area contributed by atoms with Crippen LogP contribution in [0.15, 0.2) is 0 Å². The summed E-state index contributed by atoms with van der Waals surface area (Å²) in [5.74, 6) is -0.519. The van der Waals surface area contributed by atoms with Crippen LogP contribution < -0.4 is 0 Å². The molecule has 0 bridgehead atoms. The summed E-state index contributed by atoms with van der Waals surface area (Å²) in [7, 11) is 0. The van der Waals surface area contributed by atoms with Crippen LogP contribution >= 0.6 is 11.8 Å². The predicted octanol–water partition coefficient (Wildman–Crippen LogP) is 1.08. The number of carbonyl (C=O) groups is 2. The van der Waals surface area contributed by atoms with Crippen molar-refractivity contribution in [2.45, 2.75) is 6.92 Å². The number of rotatable bonds is 1. The van der Waals surface area contributed by atoms with Gasteiger partial charge in [-0.05, 0) is 24.9 Å². The summed E-state index contributed by atoms with van der Waals surface area (Å²) in [5, 5.41) is 0.391. The molecule has 1 amide bonds. The van der Waals surface area contributed by atoms with Gasteiger partial charge in [-0.3, -0.25) is 4.79 Å². The summed E-state index contributed by atoms with van der Waals surface area (Å²) in [4.78, 5) is 25.7. The first-order chi connectivity index (χ1) is 5.11. The molecule has 0 aromatic carbocycles. The van der Waals surface area contributed by atoms with Gasteiger partial charge in [0.05, 0.1) is 6.54 Å². The number of nitrogens with zero attached hydrogens (tertiary/aromatic N) is 1. The van der Waals surface area contributed by atoms with Crippen molar-refractivity contribution in [3.8, 4) is 0 Å². The zero-order valence-corrected chi connectivity index (χ0v) is 7.31. The second-order valence-corrected chi connectivity index (χ2v) is 2.38. The molecule has 0 aliphatic heterocycles. The number of amides is 1. The Bertz CT molecular complexity index is 160. The van der Waals surface area contributed by atoms with E-state index in [0.717, 1.165) is 16.8 Å². The number of thioether (sulfide) groups is 1. The molecule has 0 unspecified atom stereocenters. The van der Waals surface area contributed by atoms with E-state index in [1.165, 1.54) is 0 Å². The lowest BCUT2D eigenvalue weighted by Gasteiger charge is -2.15. The molecule has 0 aliphatic carbocycles. The average molecular weight is 176 g/mol. The Balaban J connectivity index is 3.88. The molecule has 1 radical (unpaired) electrons. The maximum Gasteiger partial charge on any atom is 0.391 e. The van der Waals surface area contributed by atoms with E-state index < -0.39 is 11.2 Å². The van der Waals surface area contributed by atoms with Gasteiger partial charge in [0.25, 0.3) is 5.91 Å². The molecule has 4 nitrogen and oxygen atoms in total. The number of hydrogen-bond donors (Lipinski definition) is 0. The van der Waals surface area contributed by atoms with E-state index in [2.05, 4.69) is 11.8 Å². The molecular formula is C6H10NO3S. The number of carbonyl (C=O) groups excluding carboxylic acids is 2. The van der Waals surface area contributed by atoms with Crippen molar-refractivity contribution in [1.82, 2.24) is 5.06 Å².